The van der Waals surface area contributed by atoms with E-state index in [9.17, 15) is 5.11 Å². The summed E-state index contributed by atoms with van der Waals surface area (Å²) < 4.78 is 11.8. The number of fused-ring (bicyclic) bond motifs is 1. The molecule has 1 aliphatic heterocycles. The van der Waals surface area contributed by atoms with Crippen LogP contribution in [0.2, 0.25) is 0 Å². The first kappa shape index (κ1) is 15.8. The van der Waals surface area contributed by atoms with Crippen molar-refractivity contribution in [2.24, 2.45) is 0 Å². The summed E-state index contributed by atoms with van der Waals surface area (Å²) in [5.41, 5.74) is 2.60. The van der Waals surface area contributed by atoms with Crippen molar-refractivity contribution in [2.75, 3.05) is 19.7 Å². The first-order valence-corrected chi connectivity index (χ1v) is 8.35. The molecule has 1 aromatic rings. The molecule has 22 heavy (non-hydrogen) atoms. The number of morpholine rings is 1. The number of benzene rings is 1. The lowest BCUT2D eigenvalue weighted by Crippen LogP contribution is -2.57. The Hall–Kier alpha value is -1.10. The second-order valence-corrected chi connectivity index (χ2v) is 6.85. The molecule has 4 heteroatoms. The summed E-state index contributed by atoms with van der Waals surface area (Å²) >= 11 is 0. The Bertz CT molecular complexity index is 527. The molecule has 0 aromatic heterocycles. The minimum atomic E-state index is -1.31. The molecule has 1 aliphatic carbocycles. The van der Waals surface area contributed by atoms with Crippen LogP contribution in [0.3, 0.4) is 0 Å². The normalized spacial score (nSPS) is 25.0. The predicted molar refractivity (Wildman–Crippen MR) is 86.2 cm³/mol. The fourth-order valence-corrected chi connectivity index (χ4v) is 3.43. The van der Waals surface area contributed by atoms with Crippen molar-refractivity contribution >= 4 is 0 Å². The van der Waals surface area contributed by atoms with E-state index < -0.39 is 5.79 Å². The van der Waals surface area contributed by atoms with Gasteiger partial charge in [-0.15, -0.1) is 0 Å². The molecule has 1 aromatic carbocycles. The highest BCUT2D eigenvalue weighted by Crippen LogP contribution is 2.33. The van der Waals surface area contributed by atoms with Crippen LogP contribution < -0.4 is 4.74 Å². The van der Waals surface area contributed by atoms with Gasteiger partial charge in [-0.2, -0.15) is 0 Å². The summed E-state index contributed by atoms with van der Waals surface area (Å²) in [5.74, 6) is -0.504. The quantitative estimate of drug-likeness (QED) is 0.867. The van der Waals surface area contributed by atoms with Gasteiger partial charge in [0, 0.05) is 26.1 Å². The number of hydrogen-bond acceptors (Lipinski definition) is 4. The van der Waals surface area contributed by atoms with Crippen LogP contribution in [-0.2, 0) is 17.6 Å². The van der Waals surface area contributed by atoms with Crippen LogP contribution in [0.4, 0.5) is 0 Å². The standard InChI is InChI=1S/C18H27NO3/c1-13(2)19-10-11-21-17(12-19)18(3,20)22-16-9-5-7-14-6-4-8-15(14)16/h5,7,9,13,17,20H,4,6,8,10-12H2,1-3H3. The van der Waals surface area contributed by atoms with Crippen molar-refractivity contribution < 1.29 is 14.6 Å². The van der Waals surface area contributed by atoms with Gasteiger partial charge in [-0.25, -0.2) is 0 Å². The van der Waals surface area contributed by atoms with E-state index in [0.717, 1.165) is 25.1 Å². The zero-order valence-electron chi connectivity index (χ0n) is 13.8. The second kappa shape index (κ2) is 6.19. The zero-order valence-corrected chi connectivity index (χ0v) is 13.8. The van der Waals surface area contributed by atoms with E-state index >= 15 is 0 Å². The average molecular weight is 305 g/mol. The molecular weight excluding hydrogens is 278 g/mol. The minimum Gasteiger partial charge on any atom is -0.460 e. The summed E-state index contributed by atoms with van der Waals surface area (Å²) in [6.45, 7) is 8.29. The van der Waals surface area contributed by atoms with Crippen LogP contribution >= 0.6 is 0 Å². The molecule has 1 saturated heterocycles. The lowest BCUT2D eigenvalue weighted by atomic mass is 10.1. The Morgan fingerprint density at radius 2 is 2.18 bits per heavy atom. The molecule has 2 atom stereocenters. The van der Waals surface area contributed by atoms with Gasteiger partial charge in [-0.05, 0) is 50.3 Å². The highest BCUT2D eigenvalue weighted by Gasteiger charge is 2.39. The van der Waals surface area contributed by atoms with Crippen molar-refractivity contribution in [2.45, 2.75) is 58.0 Å². The van der Waals surface area contributed by atoms with Gasteiger partial charge in [-0.1, -0.05) is 12.1 Å². The van der Waals surface area contributed by atoms with E-state index in [1.165, 1.54) is 17.5 Å². The second-order valence-electron chi connectivity index (χ2n) is 6.85. The van der Waals surface area contributed by atoms with Crippen molar-refractivity contribution in [1.82, 2.24) is 4.90 Å². The SMILES string of the molecule is CC(C)N1CCOC(C(C)(O)Oc2cccc3c2CCC3)C1. The molecule has 1 heterocycles. The molecule has 0 bridgehead atoms. The number of ether oxygens (including phenoxy) is 2. The maximum atomic E-state index is 10.8. The summed E-state index contributed by atoms with van der Waals surface area (Å²) in [5, 5.41) is 10.8. The molecule has 3 rings (SSSR count). The molecule has 1 N–H and O–H groups in total. The lowest BCUT2D eigenvalue weighted by Gasteiger charge is -2.41. The van der Waals surface area contributed by atoms with Crippen molar-refractivity contribution in [3.05, 3.63) is 29.3 Å². The summed E-state index contributed by atoms with van der Waals surface area (Å²) in [7, 11) is 0. The highest BCUT2D eigenvalue weighted by molar-refractivity contribution is 5.43. The van der Waals surface area contributed by atoms with Crippen LogP contribution in [0, 0.1) is 0 Å². The maximum Gasteiger partial charge on any atom is 0.233 e. The molecule has 2 unspecified atom stereocenters. The molecule has 122 valence electrons. The molecule has 0 amide bonds. The molecule has 4 nitrogen and oxygen atoms in total. The van der Waals surface area contributed by atoms with Crippen LogP contribution in [0.1, 0.15) is 38.3 Å². The van der Waals surface area contributed by atoms with Gasteiger partial charge in [0.05, 0.1) is 6.61 Å². The Labute approximate surface area is 133 Å². The van der Waals surface area contributed by atoms with E-state index in [1.54, 1.807) is 6.92 Å². The van der Waals surface area contributed by atoms with Crippen molar-refractivity contribution in [1.29, 1.82) is 0 Å². The minimum absolute atomic E-state index is 0.332. The molecule has 0 saturated carbocycles. The third-order valence-electron chi connectivity index (χ3n) is 4.85. The smallest absolute Gasteiger partial charge is 0.233 e. The molecule has 0 spiro atoms. The fraction of sp³-hybridized carbons (Fsp3) is 0.667. The first-order chi connectivity index (χ1) is 10.5. The largest absolute Gasteiger partial charge is 0.460 e. The Kier molecular flexibility index (Phi) is 4.44. The predicted octanol–water partition coefficient (Wildman–Crippen LogP) is 2.37. The van der Waals surface area contributed by atoms with Crippen LogP contribution in [0.25, 0.3) is 0 Å². The highest BCUT2D eigenvalue weighted by atomic mass is 16.7. The summed E-state index contributed by atoms with van der Waals surface area (Å²) in [6, 6.07) is 6.57. The van der Waals surface area contributed by atoms with E-state index in [0.29, 0.717) is 19.2 Å². The van der Waals surface area contributed by atoms with Gasteiger partial charge in [0.15, 0.2) is 0 Å². The van der Waals surface area contributed by atoms with E-state index in [4.69, 9.17) is 9.47 Å². The maximum absolute atomic E-state index is 10.8. The van der Waals surface area contributed by atoms with Gasteiger partial charge in [0.2, 0.25) is 5.79 Å². The van der Waals surface area contributed by atoms with Gasteiger partial charge in [0.25, 0.3) is 0 Å². The van der Waals surface area contributed by atoms with Crippen LogP contribution in [0.15, 0.2) is 18.2 Å². The number of hydrogen-bond donors (Lipinski definition) is 1. The number of aryl methyl sites for hydroxylation is 1. The van der Waals surface area contributed by atoms with Crippen LogP contribution in [-0.4, -0.2) is 47.6 Å². The number of nitrogens with zero attached hydrogens (tertiary/aromatic N) is 1. The zero-order chi connectivity index (χ0) is 15.7. The summed E-state index contributed by atoms with van der Waals surface area (Å²) in [4.78, 5) is 2.32. The van der Waals surface area contributed by atoms with E-state index in [1.807, 2.05) is 12.1 Å². The molecule has 1 fully saturated rings. The van der Waals surface area contributed by atoms with E-state index in [-0.39, 0.29) is 6.10 Å². The third kappa shape index (κ3) is 3.14. The third-order valence-corrected chi connectivity index (χ3v) is 4.85. The lowest BCUT2D eigenvalue weighted by molar-refractivity contribution is -0.228. The van der Waals surface area contributed by atoms with E-state index in [2.05, 4.69) is 24.8 Å². The fourth-order valence-electron chi connectivity index (χ4n) is 3.43. The Morgan fingerprint density at radius 3 is 2.95 bits per heavy atom. The first-order valence-electron chi connectivity index (χ1n) is 8.35. The Balaban J connectivity index is 1.75. The topological polar surface area (TPSA) is 41.9 Å². The molecular formula is C18H27NO3. The molecule has 2 aliphatic rings. The van der Waals surface area contributed by atoms with Gasteiger partial charge < -0.3 is 14.6 Å². The number of aliphatic hydroxyl groups is 1. The molecule has 0 radical (unpaired) electrons. The summed E-state index contributed by atoms with van der Waals surface area (Å²) in [6.07, 6.45) is 2.97. The average Bonchev–Trinajstić information content (AvgIpc) is 2.97. The Morgan fingerprint density at radius 1 is 1.36 bits per heavy atom. The van der Waals surface area contributed by atoms with Crippen molar-refractivity contribution in [3.8, 4) is 5.75 Å². The number of rotatable bonds is 4. The van der Waals surface area contributed by atoms with Gasteiger partial charge in [-0.3, -0.25) is 4.90 Å². The van der Waals surface area contributed by atoms with Crippen molar-refractivity contribution in [3.63, 3.8) is 0 Å². The van der Waals surface area contributed by atoms with Gasteiger partial charge >= 0.3 is 0 Å². The van der Waals surface area contributed by atoms with Gasteiger partial charge in [0.1, 0.15) is 11.9 Å². The van der Waals surface area contributed by atoms with Crippen LogP contribution in [0.5, 0.6) is 5.75 Å². The monoisotopic (exact) mass is 305 g/mol.